The first-order chi connectivity index (χ1) is 6.50. The Morgan fingerprint density at radius 1 is 0.692 bits per heavy atom. The van der Waals surface area contributed by atoms with Crippen molar-refractivity contribution in [1.29, 1.82) is 0 Å². The Labute approximate surface area is 82.7 Å². The Hall–Kier alpha value is -0.520. The molecule has 0 N–H and O–H groups in total. The van der Waals surface area contributed by atoms with Gasteiger partial charge in [0.25, 0.3) is 0 Å². The van der Waals surface area contributed by atoms with Crippen LogP contribution in [0.1, 0.15) is 57.8 Å². The summed E-state index contributed by atoms with van der Waals surface area (Å²) >= 11 is 0. The van der Waals surface area contributed by atoms with Gasteiger partial charge in [0, 0.05) is 0 Å². The van der Waals surface area contributed by atoms with Gasteiger partial charge in [0.05, 0.1) is 0 Å². The van der Waals surface area contributed by atoms with Gasteiger partial charge in [-0.2, -0.15) is 0 Å². The molecule has 1 radical (unpaired) electrons. The first-order valence-electron chi connectivity index (χ1n) is 5.70. The molecule has 13 heavy (non-hydrogen) atoms. The SMILES string of the molecule is [C]1=C/CCCCCCC/C=C\CC/1. The summed E-state index contributed by atoms with van der Waals surface area (Å²) in [5.74, 6) is 0. The molecule has 1 aliphatic carbocycles. The molecule has 0 bridgehead atoms. The highest BCUT2D eigenvalue weighted by atomic mass is 14.0. The first-order valence-corrected chi connectivity index (χ1v) is 5.70. The minimum absolute atomic E-state index is 1.11. The van der Waals surface area contributed by atoms with Gasteiger partial charge in [-0.3, -0.25) is 0 Å². The molecular formula is C13H21. The van der Waals surface area contributed by atoms with E-state index in [0.717, 1.165) is 6.42 Å². The van der Waals surface area contributed by atoms with Gasteiger partial charge in [0.1, 0.15) is 0 Å². The number of hydrogen-bond donors (Lipinski definition) is 0. The lowest BCUT2D eigenvalue weighted by atomic mass is 10.1. The molecule has 0 amide bonds. The molecule has 1 aliphatic rings. The second kappa shape index (κ2) is 8.10. The highest BCUT2D eigenvalue weighted by Gasteiger charge is 1.89. The van der Waals surface area contributed by atoms with Crippen LogP contribution in [0.3, 0.4) is 0 Å². The van der Waals surface area contributed by atoms with E-state index in [0.29, 0.717) is 0 Å². The molecule has 0 atom stereocenters. The molecule has 0 aliphatic heterocycles. The molecule has 0 heteroatoms. The monoisotopic (exact) mass is 177 g/mol. The van der Waals surface area contributed by atoms with Gasteiger partial charge in [-0.05, 0) is 44.6 Å². The smallest absolute Gasteiger partial charge is 0.0245 e. The number of hydrogen-bond acceptors (Lipinski definition) is 0. The highest BCUT2D eigenvalue weighted by Crippen LogP contribution is 2.09. The van der Waals surface area contributed by atoms with E-state index >= 15 is 0 Å². The predicted octanol–water partition coefficient (Wildman–Crippen LogP) is 4.43. The van der Waals surface area contributed by atoms with Crippen molar-refractivity contribution in [3.05, 3.63) is 24.3 Å². The number of rotatable bonds is 0. The standard InChI is InChI=1S/C13H21/c1-2-4-6-8-10-12-13-11-9-7-5-3-1/h1-2,10H,3-7,9,11-13H2/b2-1-,10-8?. The average Bonchev–Trinajstić information content (AvgIpc) is 2.18. The summed E-state index contributed by atoms with van der Waals surface area (Å²) in [4.78, 5) is 0. The molecular weight excluding hydrogens is 156 g/mol. The predicted molar refractivity (Wildman–Crippen MR) is 58.5 cm³/mol. The topological polar surface area (TPSA) is 0 Å². The van der Waals surface area contributed by atoms with E-state index in [4.69, 9.17) is 0 Å². The van der Waals surface area contributed by atoms with Crippen LogP contribution in [0.25, 0.3) is 0 Å². The molecule has 0 saturated heterocycles. The minimum Gasteiger partial charge on any atom is -0.0885 e. The molecule has 1 rings (SSSR count). The molecule has 0 heterocycles. The zero-order valence-corrected chi connectivity index (χ0v) is 8.60. The van der Waals surface area contributed by atoms with E-state index < -0.39 is 0 Å². The Kier molecular flexibility index (Phi) is 6.58. The Balaban J connectivity index is 2.18. The minimum atomic E-state index is 1.11. The molecule has 0 aromatic carbocycles. The second-order valence-corrected chi connectivity index (χ2v) is 3.76. The second-order valence-electron chi connectivity index (χ2n) is 3.76. The third-order valence-electron chi connectivity index (χ3n) is 2.49. The molecule has 0 unspecified atom stereocenters. The summed E-state index contributed by atoms with van der Waals surface area (Å²) in [6.45, 7) is 0. The first kappa shape index (κ1) is 10.6. The normalized spacial score (nSPS) is 26.5. The molecule has 0 spiro atoms. The van der Waals surface area contributed by atoms with Crippen molar-refractivity contribution < 1.29 is 0 Å². The van der Waals surface area contributed by atoms with Crippen LogP contribution in [0.2, 0.25) is 0 Å². The fourth-order valence-electron chi connectivity index (χ4n) is 1.65. The van der Waals surface area contributed by atoms with Crippen molar-refractivity contribution in [2.75, 3.05) is 0 Å². The summed E-state index contributed by atoms with van der Waals surface area (Å²) < 4.78 is 0. The zero-order valence-electron chi connectivity index (χ0n) is 8.60. The number of allylic oxidation sites excluding steroid dienone is 4. The largest absolute Gasteiger partial charge is 0.0885 e. The molecule has 0 aromatic heterocycles. The van der Waals surface area contributed by atoms with Crippen molar-refractivity contribution in [2.45, 2.75) is 57.8 Å². The van der Waals surface area contributed by atoms with Crippen molar-refractivity contribution in [3.63, 3.8) is 0 Å². The van der Waals surface area contributed by atoms with Crippen LogP contribution in [-0.4, -0.2) is 0 Å². The van der Waals surface area contributed by atoms with Crippen molar-refractivity contribution in [3.8, 4) is 0 Å². The van der Waals surface area contributed by atoms with Crippen LogP contribution in [-0.2, 0) is 0 Å². The Bertz CT molecular complexity index is 135. The summed E-state index contributed by atoms with van der Waals surface area (Å²) in [6, 6.07) is 0. The lowest BCUT2D eigenvalue weighted by molar-refractivity contribution is 0.622. The van der Waals surface area contributed by atoms with Crippen LogP contribution in [0.15, 0.2) is 18.2 Å². The molecule has 73 valence electrons. The fourth-order valence-corrected chi connectivity index (χ4v) is 1.65. The zero-order chi connectivity index (χ0) is 9.19. The van der Waals surface area contributed by atoms with E-state index in [2.05, 4.69) is 24.3 Å². The van der Waals surface area contributed by atoms with Gasteiger partial charge in [-0.25, -0.2) is 0 Å². The van der Waals surface area contributed by atoms with E-state index in [1.807, 2.05) is 0 Å². The van der Waals surface area contributed by atoms with E-state index in [9.17, 15) is 0 Å². The van der Waals surface area contributed by atoms with Crippen LogP contribution < -0.4 is 0 Å². The van der Waals surface area contributed by atoms with Gasteiger partial charge in [0.15, 0.2) is 0 Å². The van der Waals surface area contributed by atoms with E-state index in [1.54, 1.807) is 0 Å². The molecule has 0 saturated carbocycles. The van der Waals surface area contributed by atoms with Gasteiger partial charge < -0.3 is 0 Å². The van der Waals surface area contributed by atoms with Crippen LogP contribution in [0, 0.1) is 6.08 Å². The van der Waals surface area contributed by atoms with Crippen LogP contribution in [0.5, 0.6) is 0 Å². The van der Waals surface area contributed by atoms with Crippen molar-refractivity contribution in [1.82, 2.24) is 0 Å². The summed E-state index contributed by atoms with van der Waals surface area (Å²) in [5.41, 5.74) is 0. The third-order valence-corrected chi connectivity index (χ3v) is 2.49. The summed E-state index contributed by atoms with van der Waals surface area (Å²) in [7, 11) is 0. The average molecular weight is 177 g/mol. The third kappa shape index (κ3) is 6.62. The Morgan fingerprint density at radius 2 is 1.38 bits per heavy atom. The maximum Gasteiger partial charge on any atom is -0.0245 e. The van der Waals surface area contributed by atoms with Crippen LogP contribution >= 0.6 is 0 Å². The van der Waals surface area contributed by atoms with Gasteiger partial charge >= 0.3 is 0 Å². The molecule has 0 fully saturated rings. The quantitative estimate of drug-likeness (QED) is 0.480. The van der Waals surface area contributed by atoms with Crippen molar-refractivity contribution >= 4 is 0 Å². The molecule has 0 nitrogen and oxygen atoms in total. The summed E-state index contributed by atoms with van der Waals surface area (Å²) in [5, 5.41) is 0. The lowest BCUT2D eigenvalue weighted by Gasteiger charge is -1.97. The van der Waals surface area contributed by atoms with Gasteiger partial charge in [-0.1, -0.05) is 37.5 Å². The lowest BCUT2D eigenvalue weighted by Crippen LogP contribution is -1.77. The van der Waals surface area contributed by atoms with Gasteiger partial charge in [0.2, 0.25) is 0 Å². The maximum atomic E-state index is 3.35. The fraction of sp³-hybridized carbons (Fsp3) is 0.692. The summed E-state index contributed by atoms with van der Waals surface area (Å²) in [6.07, 6.45) is 22.0. The van der Waals surface area contributed by atoms with E-state index in [-0.39, 0.29) is 0 Å². The Morgan fingerprint density at radius 3 is 2.31 bits per heavy atom. The van der Waals surface area contributed by atoms with Crippen LogP contribution in [0.4, 0.5) is 0 Å². The van der Waals surface area contributed by atoms with Gasteiger partial charge in [-0.15, -0.1) is 0 Å². The highest BCUT2D eigenvalue weighted by molar-refractivity contribution is 4.84. The van der Waals surface area contributed by atoms with Crippen molar-refractivity contribution in [2.24, 2.45) is 0 Å². The van der Waals surface area contributed by atoms with E-state index in [1.165, 1.54) is 51.4 Å². The molecule has 0 aromatic rings. The maximum absolute atomic E-state index is 3.35.